The number of nitrogen functional groups attached to an aromatic ring is 1. The van der Waals surface area contributed by atoms with E-state index >= 15 is 0 Å². The lowest BCUT2D eigenvalue weighted by molar-refractivity contribution is 0.0918. The summed E-state index contributed by atoms with van der Waals surface area (Å²) in [4.78, 5) is 14.3. The molecule has 0 aromatic carbocycles. The molecular formula is C13H15N3O2S. The molecule has 2 aromatic rings. The van der Waals surface area contributed by atoms with Crippen LogP contribution >= 0.6 is 11.3 Å². The third-order valence-electron chi connectivity index (χ3n) is 3.36. The highest BCUT2D eigenvalue weighted by Crippen LogP contribution is 2.32. The maximum absolute atomic E-state index is 12.2. The number of nitrogens with one attached hydrogen (secondary N) is 1. The van der Waals surface area contributed by atoms with Crippen LogP contribution in [0.1, 0.15) is 34.5 Å². The molecule has 5 nitrogen and oxygen atoms in total. The van der Waals surface area contributed by atoms with Crippen molar-refractivity contribution in [3.05, 3.63) is 22.6 Å². The highest BCUT2D eigenvalue weighted by Gasteiger charge is 2.27. The van der Waals surface area contributed by atoms with Crippen LogP contribution in [0.2, 0.25) is 0 Å². The number of rotatable bonds is 3. The molecule has 1 saturated carbocycles. The first-order chi connectivity index (χ1) is 9.15. The summed E-state index contributed by atoms with van der Waals surface area (Å²) in [5.41, 5.74) is 6.63. The summed E-state index contributed by atoms with van der Waals surface area (Å²) in [7, 11) is 0. The lowest BCUT2D eigenvalue weighted by atomic mass is 9.93. The molecule has 1 aliphatic rings. The normalized spacial score (nSPS) is 15.2. The van der Waals surface area contributed by atoms with E-state index in [4.69, 9.17) is 10.3 Å². The Morgan fingerprint density at radius 3 is 2.89 bits per heavy atom. The van der Waals surface area contributed by atoms with E-state index in [-0.39, 0.29) is 17.8 Å². The molecule has 1 amide bonds. The lowest BCUT2D eigenvalue weighted by Crippen LogP contribution is -2.39. The van der Waals surface area contributed by atoms with Crippen molar-refractivity contribution in [3.63, 3.8) is 0 Å². The molecule has 3 rings (SSSR count). The van der Waals surface area contributed by atoms with Crippen LogP contribution in [0.3, 0.4) is 0 Å². The standard InChI is InChI=1S/C13H15N3O2S/c1-7-5-6-9(19-7)11-10(12(14)18-16-11)13(17)15-8-3-2-4-8/h5-6,8H,2-4,14H2,1H3,(H,15,17). The topological polar surface area (TPSA) is 81.2 Å². The summed E-state index contributed by atoms with van der Waals surface area (Å²) in [6, 6.07) is 4.18. The zero-order valence-corrected chi connectivity index (χ0v) is 11.4. The lowest BCUT2D eigenvalue weighted by Gasteiger charge is -2.26. The molecular weight excluding hydrogens is 262 g/mol. The zero-order valence-electron chi connectivity index (χ0n) is 10.6. The minimum atomic E-state index is -0.190. The third-order valence-corrected chi connectivity index (χ3v) is 4.37. The van der Waals surface area contributed by atoms with Crippen molar-refractivity contribution in [3.8, 4) is 10.6 Å². The number of carbonyl (C=O) groups excluding carboxylic acids is 1. The zero-order chi connectivity index (χ0) is 13.4. The summed E-state index contributed by atoms with van der Waals surface area (Å²) in [6.07, 6.45) is 3.23. The first-order valence-electron chi connectivity index (χ1n) is 6.28. The average molecular weight is 277 g/mol. The van der Waals surface area contributed by atoms with Gasteiger partial charge in [0, 0.05) is 10.9 Å². The molecule has 3 N–H and O–H groups in total. The molecule has 0 radical (unpaired) electrons. The fourth-order valence-corrected chi connectivity index (χ4v) is 2.92. The summed E-state index contributed by atoms with van der Waals surface area (Å²) < 4.78 is 4.99. The third kappa shape index (κ3) is 2.23. The first-order valence-corrected chi connectivity index (χ1v) is 7.09. The molecule has 1 aliphatic carbocycles. The van der Waals surface area contributed by atoms with E-state index < -0.39 is 0 Å². The number of aryl methyl sites for hydroxylation is 1. The number of thiophene rings is 1. The quantitative estimate of drug-likeness (QED) is 0.903. The Kier molecular flexibility index (Phi) is 3.02. The van der Waals surface area contributed by atoms with Crippen LogP contribution in [-0.2, 0) is 0 Å². The number of nitrogens with two attached hydrogens (primary N) is 1. The van der Waals surface area contributed by atoms with Gasteiger partial charge in [0.2, 0.25) is 5.88 Å². The van der Waals surface area contributed by atoms with Crippen molar-refractivity contribution in [1.82, 2.24) is 10.5 Å². The fraction of sp³-hybridized carbons (Fsp3) is 0.385. The molecule has 2 aromatic heterocycles. The number of aromatic nitrogens is 1. The highest BCUT2D eigenvalue weighted by molar-refractivity contribution is 7.15. The Bertz CT molecular complexity index is 613. The van der Waals surface area contributed by atoms with Gasteiger partial charge in [-0.25, -0.2) is 0 Å². The maximum atomic E-state index is 12.2. The molecule has 1 fully saturated rings. The molecule has 0 atom stereocenters. The van der Waals surface area contributed by atoms with Gasteiger partial charge in [0.1, 0.15) is 11.3 Å². The summed E-state index contributed by atoms with van der Waals surface area (Å²) in [5, 5.41) is 6.88. The first kappa shape index (κ1) is 12.2. The van der Waals surface area contributed by atoms with Crippen molar-refractivity contribution in [2.24, 2.45) is 0 Å². The number of anilines is 1. The minimum Gasteiger partial charge on any atom is -0.367 e. The van der Waals surface area contributed by atoms with E-state index in [2.05, 4.69) is 10.5 Å². The van der Waals surface area contributed by atoms with E-state index in [1.165, 1.54) is 6.42 Å². The van der Waals surface area contributed by atoms with Gasteiger partial charge in [0.25, 0.3) is 5.91 Å². The molecule has 0 unspecified atom stereocenters. The number of hydrogen-bond donors (Lipinski definition) is 2. The van der Waals surface area contributed by atoms with Crippen LogP contribution in [0.25, 0.3) is 10.6 Å². The SMILES string of the molecule is Cc1ccc(-c2noc(N)c2C(=O)NC2CCC2)s1. The Hall–Kier alpha value is -1.82. The van der Waals surface area contributed by atoms with Gasteiger partial charge in [-0.05, 0) is 38.3 Å². The van der Waals surface area contributed by atoms with E-state index in [0.717, 1.165) is 22.6 Å². The van der Waals surface area contributed by atoms with Gasteiger partial charge < -0.3 is 15.6 Å². The molecule has 2 heterocycles. The number of hydrogen-bond acceptors (Lipinski definition) is 5. The molecule has 0 bridgehead atoms. The average Bonchev–Trinajstić information content (AvgIpc) is 2.89. The fourth-order valence-electron chi connectivity index (χ4n) is 2.06. The molecule has 100 valence electrons. The maximum Gasteiger partial charge on any atom is 0.259 e. The predicted molar refractivity (Wildman–Crippen MR) is 74.1 cm³/mol. The Balaban J connectivity index is 1.91. The van der Waals surface area contributed by atoms with Gasteiger partial charge in [-0.15, -0.1) is 11.3 Å². The number of carbonyl (C=O) groups is 1. The summed E-state index contributed by atoms with van der Waals surface area (Å²) >= 11 is 1.57. The highest BCUT2D eigenvalue weighted by atomic mass is 32.1. The number of nitrogens with zero attached hydrogens (tertiary/aromatic N) is 1. The summed E-state index contributed by atoms with van der Waals surface area (Å²) in [6.45, 7) is 2.01. The van der Waals surface area contributed by atoms with Crippen molar-refractivity contribution in [1.29, 1.82) is 0 Å². The van der Waals surface area contributed by atoms with E-state index in [9.17, 15) is 4.79 Å². The van der Waals surface area contributed by atoms with E-state index in [1.54, 1.807) is 11.3 Å². The van der Waals surface area contributed by atoms with Crippen LogP contribution in [0.5, 0.6) is 0 Å². The van der Waals surface area contributed by atoms with Gasteiger partial charge >= 0.3 is 0 Å². The summed E-state index contributed by atoms with van der Waals surface area (Å²) in [5.74, 6) is -0.109. The second-order valence-corrected chi connectivity index (χ2v) is 6.07. The second-order valence-electron chi connectivity index (χ2n) is 4.78. The molecule has 0 spiro atoms. The Morgan fingerprint density at radius 1 is 1.53 bits per heavy atom. The smallest absolute Gasteiger partial charge is 0.259 e. The van der Waals surface area contributed by atoms with Crippen molar-refractivity contribution in [2.45, 2.75) is 32.2 Å². The molecule has 0 saturated heterocycles. The van der Waals surface area contributed by atoms with Crippen molar-refractivity contribution in [2.75, 3.05) is 5.73 Å². The van der Waals surface area contributed by atoms with Gasteiger partial charge in [0.15, 0.2) is 0 Å². The Morgan fingerprint density at radius 2 is 2.32 bits per heavy atom. The monoisotopic (exact) mass is 277 g/mol. The van der Waals surface area contributed by atoms with Crippen LogP contribution < -0.4 is 11.1 Å². The van der Waals surface area contributed by atoms with Crippen molar-refractivity contribution >= 4 is 23.1 Å². The molecule has 6 heteroatoms. The second kappa shape index (κ2) is 4.70. The van der Waals surface area contributed by atoms with Gasteiger partial charge in [0.05, 0.1) is 4.88 Å². The molecule has 0 aliphatic heterocycles. The Labute approximate surface area is 114 Å². The van der Waals surface area contributed by atoms with Gasteiger partial charge in [-0.1, -0.05) is 5.16 Å². The van der Waals surface area contributed by atoms with Crippen LogP contribution in [-0.4, -0.2) is 17.1 Å². The van der Waals surface area contributed by atoms with E-state index in [0.29, 0.717) is 11.3 Å². The van der Waals surface area contributed by atoms with Crippen LogP contribution in [0, 0.1) is 6.92 Å². The molecule has 19 heavy (non-hydrogen) atoms. The minimum absolute atomic E-state index is 0.0814. The van der Waals surface area contributed by atoms with Gasteiger partial charge in [-0.2, -0.15) is 0 Å². The number of amides is 1. The van der Waals surface area contributed by atoms with Crippen LogP contribution in [0.4, 0.5) is 5.88 Å². The largest absolute Gasteiger partial charge is 0.367 e. The van der Waals surface area contributed by atoms with Crippen LogP contribution in [0.15, 0.2) is 16.7 Å². The van der Waals surface area contributed by atoms with Gasteiger partial charge in [-0.3, -0.25) is 4.79 Å². The van der Waals surface area contributed by atoms with E-state index in [1.807, 2.05) is 19.1 Å². The van der Waals surface area contributed by atoms with Crippen molar-refractivity contribution < 1.29 is 9.32 Å². The predicted octanol–water partition coefficient (Wildman–Crippen LogP) is 2.58.